The van der Waals surface area contributed by atoms with Crippen LogP contribution in [0.25, 0.3) is 0 Å². The molecule has 2 amide bonds. The van der Waals surface area contributed by atoms with E-state index in [-0.39, 0.29) is 17.9 Å². The van der Waals surface area contributed by atoms with Crippen molar-refractivity contribution in [2.75, 3.05) is 18.0 Å². The molecule has 4 rings (SSSR count). The number of amides is 2. The van der Waals surface area contributed by atoms with Crippen molar-refractivity contribution in [2.45, 2.75) is 77.7 Å². The lowest BCUT2D eigenvalue weighted by atomic mass is 9.88. The number of hydrogen-bond acceptors (Lipinski definition) is 4. The summed E-state index contributed by atoms with van der Waals surface area (Å²) in [5.41, 5.74) is 2.08. The van der Waals surface area contributed by atoms with Gasteiger partial charge < -0.3 is 4.90 Å². The summed E-state index contributed by atoms with van der Waals surface area (Å²) in [6, 6.07) is -0.0555. The number of nitrogens with zero attached hydrogens (tertiary/aromatic N) is 4. The number of carbonyl (C=O) groups excluding carboxylic acids is 2. The van der Waals surface area contributed by atoms with E-state index in [0.717, 1.165) is 49.4 Å². The highest BCUT2D eigenvalue weighted by Gasteiger charge is 2.34. The average Bonchev–Trinajstić information content (AvgIpc) is 3.15. The number of hydrogen-bond donors (Lipinski definition) is 0. The van der Waals surface area contributed by atoms with Crippen LogP contribution < -0.4 is 4.90 Å². The van der Waals surface area contributed by atoms with Crippen molar-refractivity contribution < 1.29 is 9.59 Å². The standard InChI is InChI=1S/C21H30N4O2/c1-14-17-10-11-19(27)25(13-16-7-4-3-5-8-16)21(17)23-20(22-14)18-9-6-12-24(18)15(2)26/h16,18H,3-13H2,1-2H3/t18-/m1/s1. The second kappa shape index (κ2) is 7.56. The summed E-state index contributed by atoms with van der Waals surface area (Å²) < 4.78 is 0. The maximum absolute atomic E-state index is 12.7. The first kappa shape index (κ1) is 18.4. The number of carbonyl (C=O) groups is 2. The van der Waals surface area contributed by atoms with Gasteiger partial charge in [0.25, 0.3) is 0 Å². The predicted molar refractivity (Wildman–Crippen MR) is 103 cm³/mol. The monoisotopic (exact) mass is 370 g/mol. The highest BCUT2D eigenvalue weighted by Crippen LogP contribution is 2.35. The van der Waals surface area contributed by atoms with Gasteiger partial charge in [0, 0.05) is 37.7 Å². The number of aromatic nitrogens is 2. The van der Waals surface area contributed by atoms with Gasteiger partial charge >= 0.3 is 0 Å². The van der Waals surface area contributed by atoms with Crippen LogP contribution in [0.3, 0.4) is 0 Å². The average molecular weight is 370 g/mol. The minimum Gasteiger partial charge on any atom is -0.333 e. The molecule has 1 atom stereocenters. The Morgan fingerprint density at radius 3 is 2.59 bits per heavy atom. The van der Waals surface area contributed by atoms with E-state index in [1.165, 1.54) is 32.1 Å². The summed E-state index contributed by atoms with van der Waals surface area (Å²) in [5.74, 6) is 2.36. The normalized spacial score (nSPS) is 23.6. The van der Waals surface area contributed by atoms with Gasteiger partial charge in [-0.25, -0.2) is 9.97 Å². The van der Waals surface area contributed by atoms with E-state index in [2.05, 4.69) is 0 Å². The molecule has 0 aromatic carbocycles. The number of anilines is 1. The lowest BCUT2D eigenvalue weighted by Crippen LogP contribution is -2.41. The molecular weight excluding hydrogens is 340 g/mol. The van der Waals surface area contributed by atoms with Crippen LogP contribution in [0, 0.1) is 12.8 Å². The minimum absolute atomic E-state index is 0.0555. The molecule has 27 heavy (non-hydrogen) atoms. The van der Waals surface area contributed by atoms with Crippen molar-refractivity contribution in [3.05, 3.63) is 17.1 Å². The zero-order chi connectivity index (χ0) is 19.0. The molecule has 2 fully saturated rings. The van der Waals surface area contributed by atoms with Gasteiger partial charge in [-0.3, -0.25) is 14.5 Å². The first-order chi connectivity index (χ1) is 13.0. The molecule has 3 heterocycles. The first-order valence-electron chi connectivity index (χ1n) is 10.5. The lowest BCUT2D eigenvalue weighted by molar-refractivity contribution is -0.129. The Kier molecular flexibility index (Phi) is 5.15. The third kappa shape index (κ3) is 3.58. The Morgan fingerprint density at radius 2 is 1.85 bits per heavy atom. The third-order valence-corrected chi connectivity index (χ3v) is 6.48. The highest BCUT2D eigenvalue weighted by molar-refractivity contribution is 5.95. The molecule has 1 saturated carbocycles. The number of aryl methyl sites for hydroxylation is 1. The summed E-state index contributed by atoms with van der Waals surface area (Å²) in [7, 11) is 0. The summed E-state index contributed by atoms with van der Waals surface area (Å²) in [5, 5.41) is 0. The molecule has 3 aliphatic rings. The van der Waals surface area contributed by atoms with Crippen molar-refractivity contribution in [3.63, 3.8) is 0 Å². The molecule has 0 unspecified atom stereocenters. The summed E-state index contributed by atoms with van der Waals surface area (Å²) in [4.78, 5) is 38.2. The molecule has 1 saturated heterocycles. The van der Waals surface area contributed by atoms with E-state index in [1.54, 1.807) is 6.92 Å². The molecule has 1 aromatic heterocycles. The molecule has 6 nitrogen and oxygen atoms in total. The summed E-state index contributed by atoms with van der Waals surface area (Å²) in [6.07, 6.45) is 9.41. The summed E-state index contributed by atoms with van der Waals surface area (Å²) in [6.45, 7) is 5.18. The fourth-order valence-electron chi connectivity index (χ4n) is 4.98. The van der Waals surface area contributed by atoms with Crippen molar-refractivity contribution in [1.82, 2.24) is 14.9 Å². The smallest absolute Gasteiger partial charge is 0.228 e. The quantitative estimate of drug-likeness (QED) is 0.818. The molecular formula is C21H30N4O2. The Bertz CT molecular complexity index is 742. The largest absolute Gasteiger partial charge is 0.333 e. The minimum atomic E-state index is -0.0555. The van der Waals surface area contributed by atoms with Crippen molar-refractivity contribution in [1.29, 1.82) is 0 Å². The number of rotatable bonds is 3. The predicted octanol–water partition coefficient (Wildman–Crippen LogP) is 3.33. The van der Waals surface area contributed by atoms with Gasteiger partial charge in [0.2, 0.25) is 11.8 Å². The number of fused-ring (bicyclic) bond motifs is 1. The SMILES string of the molecule is CC(=O)N1CCC[C@@H]1c1nc(C)c2c(n1)N(CC1CCCCC1)C(=O)CC2. The molecule has 0 radical (unpaired) electrons. The van der Waals surface area contributed by atoms with E-state index in [0.29, 0.717) is 18.2 Å². The Hall–Kier alpha value is -1.98. The van der Waals surface area contributed by atoms with Crippen LogP contribution in [-0.4, -0.2) is 39.8 Å². The van der Waals surface area contributed by atoms with Crippen LogP contribution in [0.5, 0.6) is 0 Å². The van der Waals surface area contributed by atoms with Crippen molar-refractivity contribution >= 4 is 17.6 Å². The molecule has 1 aromatic rings. The Labute approximate surface area is 161 Å². The van der Waals surface area contributed by atoms with Crippen molar-refractivity contribution in [2.24, 2.45) is 5.92 Å². The second-order valence-electron chi connectivity index (χ2n) is 8.35. The zero-order valence-electron chi connectivity index (χ0n) is 16.5. The van der Waals surface area contributed by atoms with Crippen molar-refractivity contribution in [3.8, 4) is 0 Å². The van der Waals surface area contributed by atoms with E-state index in [4.69, 9.17) is 9.97 Å². The Morgan fingerprint density at radius 1 is 1.07 bits per heavy atom. The van der Waals surface area contributed by atoms with Crippen LogP contribution in [0.2, 0.25) is 0 Å². The van der Waals surface area contributed by atoms with Gasteiger partial charge in [0.15, 0.2) is 5.82 Å². The van der Waals surface area contributed by atoms with Crippen LogP contribution in [0.15, 0.2) is 0 Å². The molecule has 146 valence electrons. The van der Waals surface area contributed by atoms with Gasteiger partial charge in [-0.2, -0.15) is 0 Å². The van der Waals surface area contributed by atoms with E-state index in [1.807, 2.05) is 16.7 Å². The number of likely N-dealkylation sites (tertiary alicyclic amines) is 1. The van der Waals surface area contributed by atoms with Gasteiger partial charge in [-0.15, -0.1) is 0 Å². The van der Waals surface area contributed by atoms with E-state index < -0.39 is 0 Å². The topological polar surface area (TPSA) is 66.4 Å². The van der Waals surface area contributed by atoms with Crippen LogP contribution in [-0.2, 0) is 16.0 Å². The first-order valence-corrected chi connectivity index (χ1v) is 10.5. The molecule has 0 bridgehead atoms. The third-order valence-electron chi connectivity index (χ3n) is 6.48. The van der Waals surface area contributed by atoms with Crippen LogP contribution in [0.1, 0.15) is 81.4 Å². The Balaban J connectivity index is 1.67. The maximum atomic E-state index is 12.7. The fraction of sp³-hybridized carbons (Fsp3) is 0.714. The molecule has 1 aliphatic carbocycles. The lowest BCUT2D eigenvalue weighted by Gasteiger charge is -2.34. The van der Waals surface area contributed by atoms with Crippen LogP contribution in [0.4, 0.5) is 5.82 Å². The maximum Gasteiger partial charge on any atom is 0.228 e. The highest BCUT2D eigenvalue weighted by atomic mass is 16.2. The van der Waals surface area contributed by atoms with E-state index in [9.17, 15) is 9.59 Å². The van der Waals surface area contributed by atoms with Gasteiger partial charge in [0.1, 0.15) is 5.82 Å². The van der Waals surface area contributed by atoms with Gasteiger partial charge in [-0.05, 0) is 44.9 Å². The molecule has 2 aliphatic heterocycles. The molecule has 0 spiro atoms. The molecule has 0 N–H and O–H groups in total. The molecule has 6 heteroatoms. The van der Waals surface area contributed by atoms with Crippen LogP contribution >= 0.6 is 0 Å². The second-order valence-corrected chi connectivity index (χ2v) is 8.35. The van der Waals surface area contributed by atoms with Gasteiger partial charge in [-0.1, -0.05) is 19.3 Å². The summed E-state index contributed by atoms with van der Waals surface area (Å²) >= 11 is 0. The van der Waals surface area contributed by atoms with Gasteiger partial charge in [0.05, 0.1) is 6.04 Å². The van der Waals surface area contributed by atoms with E-state index >= 15 is 0 Å². The fourth-order valence-corrected chi connectivity index (χ4v) is 4.98. The zero-order valence-corrected chi connectivity index (χ0v) is 16.5.